The van der Waals surface area contributed by atoms with Crippen molar-refractivity contribution in [1.82, 2.24) is 0 Å². The van der Waals surface area contributed by atoms with Crippen molar-refractivity contribution < 1.29 is 27.4 Å². The van der Waals surface area contributed by atoms with E-state index in [0.717, 1.165) is 24.3 Å². The minimum atomic E-state index is -1.41. The molecule has 3 nitrogen and oxygen atoms in total. The van der Waals surface area contributed by atoms with Crippen LogP contribution in [0.3, 0.4) is 0 Å². The van der Waals surface area contributed by atoms with Crippen LogP contribution in [0.25, 0.3) is 11.1 Å². The summed E-state index contributed by atoms with van der Waals surface area (Å²) in [5, 5.41) is 0. The quantitative estimate of drug-likeness (QED) is 0.244. The Labute approximate surface area is 142 Å². The summed E-state index contributed by atoms with van der Waals surface area (Å²) in [7, 11) is 0. The predicted octanol–water partition coefficient (Wildman–Crippen LogP) is 4.94. The highest BCUT2D eigenvalue weighted by atomic mass is 19.2. The largest absolute Gasteiger partial charge is 0.458 e. The molecule has 2 aromatic carbocycles. The molecule has 2 rings (SSSR count). The van der Waals surface area contributed by atoms with Crippen molar-refractivity contribution in [2.24, 2.45) is 0 Å². The minimum Gasteiger partial charge on any atom is -0.458 e. The van der Waals surface area contributed by atoms with E-state index in [9.17, 15) is 18.0 Å². The predicted molar refractivity (Wildman–Crippen MR) is 87.5 cm³/mol. The molecule has 2 aromatic rings. The molecule has 0 aliphatic carbocycles. The van der Waals surface area contributed by atoms with Crippen LogP contribution in [0.2, 0.25) is 0 Å². The van der Waals surface area contributed by atoms with Gasteiger partial charge in [0.15, 0.2) is 11.6 Å². The maximum atomic E-state index is 14.2. The molecule has 0 saturated heterocycles. The lowest BCUT2D eigenvalue weighted by atomic mass is 10.0. The van der Waals surface area contributed by atoms with Gasteiger partial charge in [0.05, 0.1) is 0 Å². The number of ether oxygens (including phenoxy) is 2. The van der Waals surface area contributed by atoms with Crippen LogP contribution < -0.4 is 9.47 Å². The van der Waals surface area contributed by atoms with Gasteiger partial charge in [-0.05, 0) is 30.3 Å². The molecule has 25 heavy (non-hydrogen) atoms. The molecule has 0 saturated carbocycles. The Bertz CT molecular complexity index is 872. The van der Waals surface area contributed by atoms with Crippen LogP contribution in [0.4, 0.5) is 13.2 Å². The summed E-state index contributed by atoms with van der Waals surface area (Å²) < 4.78 is 52.2. The number of carbonyl (C=O) groups excluding carboxylic acids is 1. The minimum absolute atomic E-state index is 0.128. The van der Waals surface area contributed by atoms with Gasteiger partial charge in [-0.3, -0.25) is 0 Å². The zero-order valence-electron chi connectivity index (χ0n) is 13.0. The molecule has 0 aliphatic heterocycles. The molecule has 0 unspecified atom stereocenters. The maximum absolute atomic E-state index is 14.2. The lowest BCUT2D eigenvalue weighted by molar-refractivity contribution is -0.129. The van der Waals surface area contributed by atoms with Crippen LogP contribution >= 0.6 is 0 Å². The Balaban J connectivity index is 2.40. The normalized spacial score (nSPS) is 10.0. The van der Waals surface area contributed by atoms with E-state index >= 15 is 0 Å². The highest BCUT2D eigenvalue weighted by Gasteiger charge is 2.19. The van der Waals surface area contributed by atoms with E-state index < -0.39 is 29.2 Å². The van der Waals surface area contributed by atoms with Crippen molar-refractivity contribution in [2.45, 2.75) is 0 Å². The molecule has 0 aliphatic rings. The molecule has 0 fully saturated rings. The number of rotatable bonds is 6. The number of halogens is 3. The van der Waals surface area contributed by atoms with Crippen LogP contribution in [0.5, 0.6) is 11.5 Å². The van der Waals surface area contributed by atoms with Crippen LogP contribution in [0.15, 0.2) is 68.0 Å². The van der Waals surface area contributed by atoms with E-state index in [2.05, 4.69) is 24.5 Å². The Hall–Kier alpha value is -3.28. The van der Waals surface area contributed by atoms with Gasteiger partial charge < -0.3 is 9.47 Å². The topological polar surface area (TPSA) is 35.5 Å². The summed E-state index contributed by atoms with van der Waals surface area (Å²) in [6.45, 7) is 10.1. The fraction of sp³-hybridized carbons (Fsp3) is 0. The average Bonchev–Trinajstić information content (AvgIpc) is 2.59. The fourth-order valence-corrected chi connectivity index (χ4v) is 1.94. The van der Waals surface area contributed by atoms with E-state index in [1.165, 1.54) is 18.2 Å². The van der Waals surface area contributed by atoms with E-state index in [-0.39, 0.29) is 22.6 Å². The third-order valence-corrected chi connectivity index (χ3v) is 3.13. The second-order valence-electron chi connectivity index (χ2n) is 4.78. The Morgan fingerprint density at radius 3 is 2.20 bits per heavy atom. The van der Waals surface area contributed by atoms with Crippen molar-refractivity contribution in [2.75, 3.05) is 0 Å². The second-order valence-corrected chi connectivity index (χ2v) is 4.78. The first-order chi connectivity index (χ1) is 11.9. The fourth-order valence-electron chi connectivity index (χ4n) is 1.94. The molecule has 0 radical (unpaired) electrons. The molecule has 128 valence electrons. The SMILES string of the molecule is C=CC(=C)Oc1ccc(-c2ccc(OC(=O)C=C)c(F)c2F)c(F)c1. The van der Waals surface area contributed by atoms with Crippen LogP contribution in [0, 0.1) is 17.5 Å². The number of esters is 1. The van der Waals surface area contributed by atoms with Gasteiger partial charge in [0.1, 0.15) is 17.3 Å². The number of benzene rings is 2. The van der Waals surface area contributed by atoms with Crippen molar-refractivity contribution in [1.29, 1.82) is 0 Å². The first kappa shape index (κ1) is 18.1. The summed E-state index contributed by atoms with van der Waals surface area (Å²) in [4.78, 5) is 11.1. The van der Waals surface area contributed by atoms with Crippen molar-refractivity contribution >= 4 is 5.97 Å². The lowest BCUT2D eigenvalue weighted by Gasteiger charge is -2.11. The van der Waals surface area contributed by atoms with Crippen molar-refractivity contribution in [3.8, 4) is 22.6 Å². The van der Waals surface area contributed by atoms with Crippen LogP contribution in [-0.2, 0) is 4.79 Å². The van der Waals surface area contributed by atoms with E-state index in [1.807, 2.05) is 0 Å². The van der Waals surface area contributed by atoms with Gasteiger partial charge in [-0.25, -0.2) is 13.6 Å². The van der Waals surface area contributed by atoms with Gasteiger partial charge in [0.2, 0.25) is 5.82 Å². The highest BCUT2D eigenvalue weighted by Crippen LogP contribution is 2.33. The van der Waals surface area contributed by atoms with Gasteiger partial charge in [0, 0.05) is 23.3 Å². The van der Waals surface area contributed by atoms with E-state index in [1.54, 1.807) is 0 Å². The zero-order valence-corrected chi connectivity index (χ0v) is 13.0. The van der Waals surface area contributed by atoms with Crippen LogP contribution in [-0.4, -0.2) is 5.97 Å². The van der Waals surface area contributed by atoms with Gasteiger partial charge in [-0.2, -0.15) is 4.39 Å². The molecular formula is C19H13F3O3. The molecule has 0 spiro atoms. The third-order valence-electron chi connectivity index (χ3n) is 3.13. The molecular weight excluding hydrogens is 333 g/mol. The van der Waals surface area contributed by atoms with Gasteiger partial charge in [-0.1, -0.05) is 19.7 Å². The van der Waals surface area contributed by atoms with Crippen molar-refractivity contribution in [3.63, 3.8) is 0 Å². The summed E-state index contributed by atoms with van der Waals surface area (Å²) in [6, 6.07) is 5.74. The highest BCUT2D eigenvalue weighted by molar-refractivity contribution is 5.83. The molecule has 6 heteroatoms. The van der Waals surface area contributed by atoms with Gasteiger partial charge >= 0.3 is 5.97 Å². The number of carbonyl (C=O) groups is 1. The zero-order chi connectivity index (χ0) is 18.6. The number of hydrogen-bond donors (Lipinski definition) is 0. The number of hydrogen-bond acceptors (Lipinski definition) is 3. The van der Waals surface area contributed by atoms with Gasteiger partial charge in [0.25, 0.3) is 0 Å². The first-order valence-corrected chi connectivity index (χ1v) is 6.98. The number of allylic oxidation sites excluding steroid dienone is 1. The Kier molecular flexibility index (Phi) is 5.44. The molecule has 0 aromatic heterocycles. The Morgan fingerprint density at radius 1 is 0.920 bits per heavy atom. The summed E-state index contributed by atoms with van der Waals surface area (Å²) >= 11 is 0. The standard InChI is InChI=1S/C19H13F3O3/c1-4-11(3)24-12-6-7-13(15(20)10-12)14-8-9-16(19(22)18(14)21)25-17(23)5-2/h4-10H,1-3H2. The molecule has 0 N–H and O–H groups in total. The van der Waals surface area contributed by atoms with E-state index in [0.29, 0.717) is 0 Å². The first-order valence-electron chi connectivity index (χ1n) is 6.98. The monoisotopic (exact) mass is 346 g/mol. The molecule has 0 amide bonds. The third kappa shape index (κ3) is 3.98. The second kappa shape index (κ2) is 7.53. The Morgan fingerprint density at radius 2 is 1.60 bits per heavy atom. The van der Waals surface area contributed by atoms with Crippen LogP contribution in [0.1, 0.15) is 0 Å². The lowest BCUT2D eigenvalue weighted by Crippen LogP contribution is -2.06. The summed E-state index contributed by atoms with van der Waals surface area (Å²) in [6.07, 6.45) is 2.14. The van der Waals surface area contributed by atoms with E-state index in [4.69, 9.17) is 4.74 Å². The summed E-state index contributed by atoms with van der Waals surface area (Å²) in [5.74, 6) is -4.82. The average molecular weight is 346 g/mol. The van der Waals surface area contributed by atoms with Crippen molar-refractivity contribution in [3.05, 3.63) is 85.4 Å². The van der Waals surface area contributed by atoms with Gasteiger partial charge in [-0.15, -0.1) is 0 Å². The molecule has 0 bridgehead atoms. The maximum Gasteiger partial charge on any atom is 0.335 e. The molecule has 0 atom stereocenters. The summed E-state index contributed by atoms with van der Waals surface area (Å²) in [5.41, 5.74) is -0.517. The molecule has 0 heterocycles. The smallest absolute Gasteiger partial charge is 0.335 e.